The summed E-state index contributed by atoms with van der Waals surface area (Å²) in [6.07, 6.45) is 1.89. The van der Waals surface area contributed by atoms with Crippen LogP contribution in [0.5, 0.6) is 11.5 Å². The lowest BCUT2D eigenvalue weighted by atomic mass is 10.2. The Labute approximate surface area is 89.2 Å². The summed E-state index contributed by atoms with van der Waals surface area (Å²) in [7, 11) is 1.89. The molecule has 2 N–H and O–H groups in total. The summed E-state index contributed by atoms with van der Waals surface area (Å²) in [5.74, 6) is -0.173. The van der Waals surface area contributed by atoms with Crippen molar-refractivity contribution in [2.45, 2.75) is 13.8 Å². The highest BCUT2D eigenvalue weighted by Gasteiger charge is 2.08. The molecule has 0 bridgehead atoms. The van der Waals surface area contributed by atoms with E-state index in [2.05, 4.69) is 0 Å². The highest BCUT2D eigenvalue weighted by atomic mass is 16.3. The second-order valence-corrected chi connectivity index (χ2v) is 3.02. The van der Waals surface area contributed by atoms with E-state index in [0.29, 0.717) is 0 Å². The number of nitrogens with zero attached hydrogens (tertiary/aromatic N) is 1. The SMILES string of the molecule is CC.C[n+]1cccc2cc(O)c(O)cc21. The molecule has 3 nitrogen and oxygen atoms in total. The van der Waals surface area contributed by atoms with Gasteiger partial charge in [0.05, 0.1) is 11.5 Å². The van der Waals surface area contributed by atoms with Crippen LogP contribution in [0.1, 0.15) is 13.8 Å². The summed E-state index contributed by atoms with van der Waals surface area (Å²) in [6.45, 7) is 4.00. The van der Waals surface area contributed by atoms with E-state index < -0.39 is 0 Å². The van der Waals surface area contributed by atoms with Crippen molar-refractivity contribution in [3.05, 3.63) is 30.5 Å². The molecule has 0 aliphatic rings. The van der Waals surface area contributed by atoms with Gasteiger partial charge in [0.15, 0.2) is 17.7 Å². The molecule has 1 heterocycles. The minimum Gasteiger partial charge on any atom is -0.504 e. The average molecular weight is 206 g/mol. The monoisotopic (exact) mass is 206 g/mol. The molecule has 1 aromatic carbocycles. The number of hydrogen-bond acceptors (Lipinski definition) is 2. The second-order valence-electron chi connectivity index (χ2n) is 3.02. The molecule has 0 spiro atoms. The molecule has 2 aromatic rings. The van der Waals surface area contributed by atoms with E-state index in [9.17, 15) is 10.2 Å². The largest absolute Gasteiger partial charge is 0.504 e. The number of benzene rings is 1. The Morgan fingerprint density at radius 1 is 1.07 bits per heavy atom. The predicted molar refractivity (Wildman–Crippen MR) is 59.8 cm³/mol. The van der Waals surface area contributed by atoms with Gasteiger partial charge < -0.3 is 10.2 Å². The molecule has 0 atom stereocenters. The number of rotatable bonds is 0. The maximum Gasteiger partial charge on any atom is 0.216 e. The normalized spacial score (nSPS) is 9.53. The van der Waals surface area contributed by atoms with Gasteiger partial charge in [-0.1, -0.05) is 13.8 Å². The fourth-order valence-corrected chi connectivity index (χ4v) is 1.38. The van der Waals surface area contributed by atoms with Crippen LogP contribution >= 0.6 is 0 Å². The highest BCUT2D eigenvalue weighted by molar-refractivity contribution is 5.79. The zero-order chi connectivity index (χ0) is 11.4. The maximum absolute atomic E-state index is 9.28. The van der Waals surface area contributed by atoms with Gasteiger partial charge in [-0.3, -0.25) is 0 Å². The molecule has 1 aromatic heterocycles. The summed E-state index contributed by atoms with van der Waals surface area (Å²) in [6, 6.07) is 6.86. The summed E-state index contributed by atoms with van der Waals surface area (Å²) in [5, 5.41) is 19.4. The van der Waals surface area contributed by atoms with Crippen LogP contribution < -0.4 is 4.57 Å². The molecule has 80 valence electrons. The van der Waals surface area contributed by atoms with E-state index in [0.717, 1.165) is 10.9 Å². The van der Waals surface area contributed by atoms with Crippen molar-refractivity contribution in [2.24, 2.45) is 7.05 Å². The number of hydrogen-bond donors (Lipinski definition) is 2. The summed E-state index contributed by atoms with van der Waals surface area (Å²) < 4.78 is 1.88. The molecule has 0 unspecified atom stereocenters. The number of fused-ring (bicyclic) bond motifs is 1. The lowest BCUT2D eigenvalue weighted by molar-refractivity contribution is -0.644. The first-order valence-electron chi connectivity index (χ1n) is 4.99. The lowest BCUT2D eigenvalue weighted by Crippen LogP contribution is -2.27. The fourth-order valence-electron chi connectivity index (χ4n) is 1.38. The van der Waals surface area contributed by atoms with Crippen LogP contribution in [0.4, 0.5) is 0 Å². The van der Waals surface area contributed by atoms with E-state index in [1.807, 2.05) is 43.8 Å². The zero-order valence-corrected chi connectivity index (χ0v) is 9.23. The third-order valence-corrected chi connectivity index (χ3v) is 2.09. The van der Waals surface area contributed by atoms with Crippen molar-refractivity contribution in [2.75, 3.05) is 0 Å². The topological polar surface area (TPSA) is 44.3 Å². The molecule has 0 aliphatic heterocycles. The molecule has 0 radical (unpaired) electrons. The molecule has 0 fully saturated rings. The van der Waals surface area contributed by atoms with Crippen molar-refractivity contribution < 1.29 is 14.8 Å². The van der Waals surface area contributed by atoms with Crippen LogP contribution in [-0.4, -0.2) is 10.2 Å². The van der Waals surface area contributed by atoms with Gasteiger partial charge in [0.1, 0.15) is 7.05 Å². The minimum absolute atomic E-state index is 0.0845. The van der Waals surface area contributed by atoms with Gasteiger partial charge in [0.2, 0.25) is 5.52 Å². The van der Waals surface area contributed by atoms with Crippen LogP contribution in [0.3, 0.4) is 0 Å². The fraction of sp³-hybridized carbons (Fsp3) is 0.250. The van der Waals surface area contributed by atoms with E-state index in [1.165, 1.54) is 0 Å². The van der Waals surface area contributed by atoms with Gasteiger partial charge in [-0.05, 0) is 12.1 Å². The Bertz CT molecular complexity index is 466. The van der Waals surface area contributed by atoms with Crippen molar-refractivity contribution in [1.29, 1.82) is 0 Å². The molecule has 0 saturated heterocycles. The maximum atomic E-state index is 9.28. The van der Waals surface area contributed by atoms with Crippen molar-refractivity contribution in [3.8, 4) is 11.5 Å². The standard InChI is InChI=1S/C10H9NO2.C2H6/c1-11-4-2-3-7-5-9(12)10(13)6-8(7)11;1-2/h2-6,12H,1H3;1-2H3/p+1. The summed E-state index contributed by atoms with van der Waals surface area (Å²) >= 11 is 0. The van der Waals surface area contributed by atoms with Gasteiger partial charge in [-0.15, -0.1) is 0 Å². The zero-order valence-electron chi connectivity index (χ0n) is 9.23. The van der Waals surface area contributed by atoms with E-state index in [1.54, 1.807) is 12.1 Å². The number of phenols is 2. The third-order valence-electron chi connectivity index (χ3n) is 2.09. The quantitative estimate of drug-likeness (QED) is 0.512. The predicted octanol–water partition coefficient (Wildman–Crippen LogP) is 2.10. The first-order chi connectivity index (χ1) is 7.18. The number of aryl methyl sites for hydroxylation is 1. The van der Waals surface area contributed by atoms with Crippen LogP contribution in [0.25, 0.3) is 10.9 Å². The number of pyridine rings is 1. The van der Waals surface area contributed by atoms with Gasteiger partial charge in [0.25, 0.3) is 0 Å². The lowest BCUT2D eigenvalue weighted by Gasteiger charge is -1.99. The van der Waals surface area contributed by atoms with Gasteiger partial charge in [-0.25, -0.2) is 4.57 Å². The smallest absolute Gasteiger partial charge is 0.216 e. The molecule has 3 heteroatoms. The van der Waals surface area contributed by atoms with Crippen LogP contribution in [0.2, 0.25) is 0 Å². The van der Waals surface area contributed by atoms with Gasteiger partial charge in [-0.2, -0.15) is 0 Å². The van der Waals surface area contributed by atoms with Crippen LogP contribution in [0.15, 0.2) is 30.5 Å². The Balaban J connectivity index is 0.000000531. The Hall–Kier alpha value is -1.77. The van der Waals surface area contributed by atoms with E-state index >= 15 is 0 Å². The highest BCUT2D eigenvalue weighted by Crippen LogP contribution is 2.27. The summed E-state index contributed by atoms with van der Waals surface area (Å²) in [5.41, 5.74) is 0.887. The first kappa shape index (κ1) is 11.3. The Kier molecular flexibility index (Phi) is 3.50. The van der Waals surface area contributed by atoms with Crippen LogP contribution in [0, 0.1) is 0 Å². The first-order valence-corrected chi connectivity index (χ1v) is 4.99. The molecule has 0 amide bonds. The number of phenolic OH excluding ortho intramolecular Hbond substituents is 2. The molecule has 2 rings (SSSR count). The summed E-state index contributed by atoms with van der Waals surface area (Å²) in [4.78, 5) is 0. The van der Waals surface area contributed by atoms with Crippen molar-refractivity contribution in [1.82, 2.24) is 0 Å². The number of aromatic nitrogens is 1. The van der Waals surface area contributed by atoms with Crippen molar-refractivity contribution >= 4 is 10.9 Å². The van der Waals surface area contributed by atoms with Crippen LogP contribution in [-0.2, 0) is 7.05 Å². The van der Waals surface area contributed by atoms with Crippen molar-refractivity contribution in [3.63, 3.8) is 0 Å². The molecule has 0 aliphatic carbocycles. The van der Waals surface area contributed by atoms with Gasteiger partial charge >= 0.3 is 0 Å². The molecule has 15 heavy (non-hydrogen) atoms. The molecule has 0 saturated carbocycles. The third kappa shape index (κ3) is 2.18. The Morgan fingerprint density at radius 3 is 2.33 bits per heavy atom. The Morgan fingerprint density at radius 2 is 1.67 bits per heavy atom. The van der Waals surface area contributed by atoms with E-state index in [-0.39, 0.29) is 11.5 Å². The average Bonchev–Trinajstić information content (AvgIpc) is 2.24. The minimum atomic E-state index is -0.0886. The second kappa shape index (κ2) is 4.64. The molecular weight excluding hydrogens is 190 g/mol. The van der Waals surface area contributed by atoms with E-state index in [4.69, 9.17) is 0 Å². The number of aromatic hydroxyl groups is 2. The van der Waals surface area contributed by atoms with Gasteiger partial charge in [0, 0.05) is 6.07 Å². The molecular formula is C12H16NO2+.